The number of hydrogen-bond acceptors (Lipinski definition) is 4. The number of rotatable bonds is 1. The van der Waals surface area contributed by atoms with Crippen molar-refractivity contribution in [2.24, 2.45) is 0 Å². The summed E-state index contributed by atoms with van der Waals surface area (Å²) in [6, 6.07) is 1.02. The number of nitrogens with zero attached hydrogens (tertiary/aromatic N) is 3. The highest BCUT2D eigenvalue weighted by Crippen LogP contribution is 2.13. The topological polar surface area (TPSA) is 41.1 Å². The lowest BCUT2D eigenvalue weighted by atomic mass is 10.1. The third kappa shape index (κ3) is 2.45. The maximum atomic E-state index is 4.41. The Kier molecular flexibility index (Phi) is 2.86. The molecule has 1 saturated heterocycles. The summed E-state index contributed by atoms with van der Waals surface area (Å²) in [5, 5.41) is 3.50. The third-order valence-corrected chi connectivity index (χ3v) is 2.65. The van der Waals surface area contributed by atoms with Crippen molar-refractivity contribution in [2.45, 2.75) is 32.9 Å². The second kappa shape index (κ2) is 4.14. The molecule has 1 aromatic rings. The monoisotopic (exact) mass is 206 g/mol. The molecular weight excluding hydrogens is 188 g/mol. The molecule has 1 fully saturated rings. The third-order valence-electron chi connectivity index (χ3n) is 2.65. The molecule has 0 amide bonds. The van der Waals surface area contributed by atoms with Crippen LogP contribution in [-0.4, -0.2) is 35.1 Å². The highest BCUT2D eigenvalue weighted by Gasteiger charge is 2.21. The Hall–Kier alpha value is -1.16. The van der Waals surface area contributed by atoms with Gasteiger partial charge < -0.3 is 10.2 Å². The summed E-state index contributed by atoms with van der Waals surface area (Å²) in [4.78, 5) is 11.0. The number of aryl methyl sites for hydroxylation is 1. The summed E-state index contributed by atoms with van der Waals surface area (Å²) < 4.78 is 0. The van der Waals surface area contributed by atoms with Gasteiger partial charge in [-0.1, -0.05) is 0 Å². The molecule has 4 heteroatoms. The molecule has 0 bridgehead atoms. The van der Waals surface area contributed by atoms with Crippen molar-refractivity contribution in [3.05, 3.63) is 18.1 Å². The Morgan fingerprint density at radius 3 is 2.40 bits per heavy atom. The number of aromatic nitrogens is 2. The van der Waals surface area contributed by atoms with Crippen molar-refractivity contribution in [1.82, 2.24) is 15.3 Å². The van der Waals surface area contributed by atoms with Gasteiger partial charge in [0.1, 0.15) is 5.82 Å². The van der Waals surface area contributed by atoms with E-state index in [9.17, 15) is 0 Å². The van der Waals surface area contributed by atoms with E-state index in [1.165, 1.54) is 0 Å². The van der Waals surface area contributed by atoms with Gasteiger partial charge in [-0.3, -0.25) is 4.98 Å². The summed E-state index contributed by atoms with van der Waals surface area (Å²) in [6.45, 7) is 8.36. The van der Waals surface area contributed by atoms with Crippen molar-refractivity contribution >= 4 is 5.82 Å². The second-order valence-corrected chi connectivity index (χ2v) is 4.39. The minimum Gasteiger partial charge on any atom is -0.352 e. The first-order valence-electron chi connectivity index (χ1n) is 5.45. The Balaban J connectivity index is 2.12. The van der Waals surface area contributed by atoms with Crippen LogP contribution in [0, 0.1) is 6.92 Å². The summed E-state index contributed by atoms with van der Waals surface area (Å²) in [5.74, 6) is 0.987. The van der Waals surface area contributed by atoms with Crippen molar-refractivity contribution in [2.75, 3.05) is 18.0 Å². The highest BCUT2D eigenvalue weighted by molar-refractivity contribution is 5.37. The number of hydrogen-bond donors (Lipinski definition) is 1. The van der Waals surface area contributed by atoms with Gasteiger partial charge in [-0.15, -0.1) is 0 Å². The van der Waals surface area contributed by atoms with Crippen LogP contribution in [0.5, 0.6) is 0 Å². The van der Waals surface area contributed by atoms with Crippen LogP contribution in [0.1, 0.15) is 19.5 Å². The fourth-order valence-corrected chi connectivity index (χ4v) is 2.06. The molecule has 0 radical (unpaired) electrons. The highest BCUT2D eigenvalue weighted by atomic mass is 15.3. The fraction of sp³-hybridized carbons (Fsp3) is 0.636. The van der Waals surface area contributed by atoms with Crippen LogP contribution in [-0.2, 0) is 0 Å². The van der Waals surface area contributed by atoms with Crippen LogP contribution >= 0.6 is 0 Å². The lowest BCUT2D eigenvalue weighted by Gasteiger charge is -2.36. The zero-order valence-electron chi connectivity index (χ0n) is 9.57. The molecular formula is C11H18N4. The van der Waals surface area contributed by atoms with E-state index in [0.29, 0.717) is 12.1 Å². The van der Waals surface area contributed by atoms with Gasteiger partial charge in [0, 0.05) is 25.2 Å². The molecule has 1 aromatic heterocycles. The van der Waals surface area contributed by atoms with Gasteiger partial charge in [0.15, 0.2) is 0 Å². The normalized spacial score (nSPS) is 26.7. The van der Waals surface area contributed by atoms with E-state index < -0.39 is 0 Å². The van der Waals surface area contributed by atoms with Crippen LogP contribution < -0.4 is 10.2 Å². The summed E-state index contributed by atoms with van der Waals surface area (Å²) in [6.07, 6.45) is 3.69. The average molecular weight is 206 g/mol. The summed E-state index contributed by atoms with van der Waals surface area (Å²) in [7, 11) is 0. The van der Waals surface area contributed by atoms with Crippen molar-refractivity contribution < 1.29 is 0 Å². The molecule has 0 spiro atoms. The van der Waals surface area contributed by atoms with E-state index in [0.717, 1.165) is 24.6 Å². The van der Waals surface area contributed by atoms with Crippen molar-refractivity contribution in [3.63, 3.8) is 0 Å². The van der Waals surface area contributed by atoms with Crippen LogP contribution in [0.4, 0.5) is 5.82 Å². The predicted molar refractivity (Wildman–Crippen MR) is 61.0 cm³/mol. The number of nitrogens with one attached hydrogen (secondary N) is 1. The molecule has 1 N–H and O–H groups in total. The van der Waals surface area contributed by atoms with Crippen LogP contribution in [0.15, 0.2) is 12.4 Å². The molecule has 2 rings (SSSR count). The molecule has 2 atom stereocenters. The van der Waals surface area contributed by atoms with Crippen LogP contribution in [0.25, 0.3) is 0 Å². The lowest BCUT2D eigenvalue weighted by molar-refractivity contribution is 0.405. The summed E-state index contributed by atoms with van der Waals surface area (Å²) in [5.41, 5.74) is 0.968. The minimum absolute atomic E-state index is 0.511. The second-order valence-electron chi connectivity index (χ2n) is 4.39. The Morgan fingerprint density at radius 1 is 1.20 bits per heavy atom. The van der Waals surface area contributed by atoms with Gasteiger partial charge >= 0.3 is 0 Å². The Labute approximate surface area is 90.7 Å². The number of anilines is 1. The average Bonchev–Trinajstić information content (AvgIpc) is 2.17. The summed E-state index contributed by atoms with van der Waals surface area (Å²) >= 11 is 0. The van der Waals surface area contributed by atoms with Gasteiger partial charge in [-0.05, 0) is 20.8 Å². The van der Waals surface area contributed by atoms with Gasteiger partial charge in [-0.2, -0.15) is 0 Å². The maximum Gasteiger partial charge on any atom is 0.147 e. The zero-order valence-corrected chi connectivity index (χ0v) is 9.57. The van der Waals surface area contributed by atoms with Crippen molar-refractivity contribution in [1.29, 1.82) is 0 Å². The largest absolute Gasteiger partial charge is 0.352 e. The SMILES string of the molecule is Cc1cnc(N2C[C@@H](C)N[C@@H](C)C2)cn1. The van der Waals surface area contributed by atoms with E-state index in [1.807, 2.05) is 19.3 Å². The zero-order chi connectivity index (χ0) is 10.8. The van der Waals surface area contributed by atoms with E-state index >= 15 is 0 Å². The Morgan fingerprint density at radius 2 is 1.87 bits per heavy atom. The van der Waals surface area contributed by atoms with E-state index in [2.05, 4.69) is 34.0 Å². The van der Waals surface area contributed by atoms with Gasteiger partial charge in [0.2, 0.25) is 0 Å². The Bertz CT molecular complexity index is 312. The molecule has 0 saturated carbocycles. The van der Waals surface area contributed by atoms with E-state index in [-0.39, 0.29) is 0 Å². The quantitative estimate of drug-likeness (QED) is 0.743. The smallest absolute Gasteiger partial charge is 0.147 e. The fourth-order valence-electron chi connectivity index (χ4n) is 2.06. The van der Waals surface area contributed by atoms with E-state index in [1.54, 1.807) is 0 Å². The maximum absolute atomic E-state index is 4.41. The first-order valence-corrected chi connectivity index (χ1v) is 5.45. The van der Waals surface area contributed by atoms with Crippen LogP contribution in [0.2, 0.25) is 0 Å². The molecule has 1 aliphatic rings. The standard InChI is InChI=1S/C11H18N4/c1-8-4-13-11(5-12-8)15-6-9(2)14-10(3)7-15/h4-5,9-10,14H,6-7H2,1-3H3/t9-,10+. The minimum atomic E-state index is 0.511. The van der Waals surface area contributed by atoms with Gasteiger partial charge in [0.05, 0.1) is 18.1 Å². The van der Waals surface area contributed by atoms with Gasteiger partial charge in [0.25, 0.3) is 0 Å². The first kappa shape index (κ1) is 10.4. The molecule has 2 heterocycles. The number of piperazine rings is 1. The lowest BCUT2D eigenvalue weighted by Crippen LogP contribution is -2.54. The molecule has 82 valence electrons. The molecule has 4 nitrogen and oxygen atoms in total. The first-order chi connectivity index (χ1) is 7.15. The van der Waals surface area contributed by atoms with Gasteiger partial charge in [-0.25, -0.2) is 4.98 Å². The predicted octanol–water partition coefficient (Wildman–Crippen LogP) is 0.972. The molecule has 1 aliphatic heterocycles. The van der Waals surface area contributed by atoms with Crippen LogP contribution in [0.3, 0.4) is 0 Å². The molecule has 0 aliphatic carbocycles. The van der Waals surface area contributed by atoms with Crippen molar-refractivity contribution in [3.8, 4) is 0 Å². The van der Waals surface area contributed by atoms with E-state index in [4.69, 9.17) is 0 Å². The molecule has 15 heavy (non-hydrogen) atoms. The molecule has 0 aromatic carbocycles. The molecule has 0 unspecified atom stereocenters.